The molecule has 0 aliphatic heterocycles. The molecule has 2 nitrogen and oxygen atoms in total. The van der Waals surface area contributed by atoms with Gasteiger partial charge in [0.1, 0.15) is 5.72 Å². The first-order valence-corrected chi connectivity index (χ1v) is 8.06. The largest absolute Gasteiger partial charge is 0.376 e. The van der Waals surface area contributed by atoms with Gasteiger partial charge < -0.3 is 5.11 Å². The first-order chi connectivity index (χ1) is 8.58. The summed E-state index contributed by atoms with van der Waals surface area (Å²) >= 11 is 0. The Kier molecular flexibility index (Phi) is 4.71. The summed E-state index contributed by atoms with van der Waals surface area (Å²) < 4.78 is 0. The maximum atomic E-state index is 11.1. The highest BCUT2D eigenvalue weighted by atomic mass is 16.3. The van der Waals surface area contributed by atoms with E-state index in [0.29, 0.717) is 11.8 Å². The second kappa shape index (κ2) is 5.92. The molecule has 2 aliphatic rings. The first kappa shape index (κ1) is 14.3. The van der Waals surface area contributed by atoms with Gasteiger partial charge in [-0.15, -0.1) is 0 Å². The van der Waals surface area contributed by atoms with Gasteiger partial charge in [-0.3, -0.25) is 5.32 Å². The Morgan fingerprint density at radius 1 is 1.17 bits per heavy atom. The summed E-state index contributed by atoms with van der Waals surface area (Å²) in [4.78, 5) is 0. The topological polar surface area (TPSA) is 32.3 Å². The van der Waals surface area contributed by atoms with Gasteiger partial charge in [0.2, 0.25) is 0 Å². The van der Waals surface area contributed by atoms with Crippen molar-refractivity contribution >= 4 is 0 Å². The highest BCUT2D eigenvalue weighted by Crippen LogP contribution is 2.49. The van der Waals surface area contributed by atoms with E-state index in [1.807, 2.05) is 0 Å². The van der Waals surface area contributed by atoms with Crippen molar-refractivity contribution in [3.8, 4) is 0 Å². The number of unbranched alkanes of at least 4 members (excludes halogenated alkanes) is 1. The van der Waals surface area contributed by atoms with Gasteiger partial charge in [-0.1, -0.05) is 40.0 Å². The van der Waals surface area contributed by atoms with Crippen LogP contribution in [-0.2, 0) is 0 Å². The second-order valence-corrected chi connectivity index (χ2v) is 6.82. The summed E-state index contributed by atoms with van der Waals surface area (Å²) in [5, 5.41) is 14.6. The van der Waals surface area contributed by atoms with Crippen LogP contribution in [0.4, 0.5) is 0 Å². The molecule has 5 atom stereocenters. The average molecular weight is 253 g/mol. The minimum absolute atomic E-state index is 0.479. The summed E-state index contributed by atoms with van der Waals surface area (Å²) in [5.74, 6) is 2.69. The number of hydrogen-bond donors (Lipinski definition) is 2. The zero-order valence-electron chi connectivity index (χ0n) is 12.4. The van der Waals surface area contributed by atoms with Crippen molar-refractivity contribution in [1.29, 1.82) is 0 Å². The van der Waals surface area contributed by atoms with Gasteiger partial charge in [-0.2, -0.15) is 0 Å². The van der Waals surface area contributed by atoms with Crippen LogP contribution in [0.25, 0.3) is 0 Å². The Hall–Kier alpha value is -0.0800. The molecule has 0 amide bonds. The van der Waals surface area contributed by atoms with Gasteiger partial charge in [0.15, 0.2) is 0 Å². The summed E-state index contributed by atoms with van der Waals surface area (Å²) in [5.41, 5.74) is -0.577. The van der Waals surface area contributed by atoms with Gasteiger partial charge in [0.25, 0.3) is 0 Å². The number of nitrogens with one attached hydrogen (secondary N) is 1. The van der Waals surface area contributed by atoms with Gasteiger partial charge in [0.05, 0.1) is 0 Å². The molecule has 0 saturated heterocycles. The molecule has 0 aromatic carbocycles. The fourth-order valence-corrected chi connectivity index (χ4v) is 4.45. The molecule has 2 aliphatic carbocycles. The summed E-state index contributed by atoms with van der Waals surface area (Å²) in [6, 6.07) is 0. The fraction of sp³-hybridized carbons (Fsp3) is 1.00. The van der Waals surface area contributed by atoms with E-state index in [1.54, 1.807) is 0 Å². The summed E-state index contributed by atoms with van der Waals surface area (Å²) in [6.45, 7) is 7.92. The van der Waals surface area contributed by atoms with E-state index in [4.69, 9.17) is 0 Å². The first-order valence-electron chi connectivity index (χ1n) is 8.06. The van der Waals surface area contributed by atoms with Crippen molar-refractivity contribution in [2.24, 2.45) is 23.7 Å². The standard InChI is InChI=1S/C16H31NO/c1-4-5-11-17-16(18)10-6-7-14-12(2)8-9-13(3)15(14)16/h12-15,17-18H,4-11H2,1-3H3. The number of rotatable bonds is 4. The predicted molar refractivity (Wildman–Crippen MR) is 76.3 cm³/mol. The molecule has 2 N–H and O–H groups in total. The van der Waals surface area contributed by atoms with Crippen molar-refractivity contribution in [1.82, 2.24) is 5.32 Å². The average Bonchev–Trinajstić information content (AvgIpc) is 2.34. The predicted octanol–water partition coefficient (Wildman–Crippen LogP) is 3.55. The molecule has 106 valence electrons. The van der Waals surface area contributed by atoms with E-state index in [2.05, 4.69) is 26.1 Å². The third kappa shape index (κ3) is 2.75. The number of fused-ring (bicyclic) bond motifs is 1. The van der Waals surface area contributed by atoms with Crippen molar-refractivity contribution in [2.45, 2.75) is 71.4 Å². The molecule has 18 heavy (non-hydrogen) atoms. The highest BCUT2D eigenvalue weighted by Gasteiger charge is 2.49. The van der Waals surface area contributed by atoms with E-state index in [9.17, 15) is 5.11 Å². The minimum Gasteiger partial charge on any atom is -0.376 e. The van der Waals surface area contributed by atoms with Gasteiger partial charge in [0, 0.05) is 5.92 Å². The van der Waals surface area contributed by atoms with Crippen LogP contribution >= 0.6 is 0 Å². The van der Waals surface area contributed by atoms with Crippen molar-refractivity contribution in [3.63, 3.8) is 0 Å². The number of hydrogen-bond acceptors (Lipinski definition) is 2. The molecule has 2 fully saturated rings. The third-order valence-electron chi connectivity index (χ3n) is 5.49. The van der Waals surface area contributed by atoms with Gasteiger partial charge in [-0.05, 0) is 50.0 Å². The molecule has 0 aromatic heterocycles. The van der Waals surface area contributed by atoms with E-state index >= 15 is 0 Å². The van der Waals surface area contributed by atoms with Crippen molar-refractivity contribution < 1.29 is 5.11 Å². The molecule has 0 heterocycles. The van der Waals surface area contributed by atoms with Crippen LogP contribution in [0.5, 0.6) is 0 Å². The van der Waals surface area contributed by atoms with Crippen molar-refractivity contribution in [2.75, 3.05) is 6.54 Å². The van der Waals surface area contributed by atoms with Crippen LogP contribution in [-0.4, -0.2) is 17.4 Å². The Morgan fingerprint density at radius 2 is 1.89 bits per heavy atom. The lowest BCUT2D eigenvalue weighted by atomic mass is 9.58. The maximum absolute atomic E-state index is 11.1. The molecule has 2 saturated carbocycles. The summed E-state index contributed by atoms with van der Waals surface area (Å²) in [6.07, 6.45) is 8.48. The molecular weight excluding hydrogens is 222 g/mol. The fourth-order valence-electron chi connectivity index (χ4n) is 4.45. The number of aliphatic hydroxyl groups is 1. The van der Waals surface area contributed by atoms with Crippen molar-refractivity contribution in [3.05, 3.63) is 0 Å². The Balaban J connectivity index is 2.08. The van der Waals surface area contributed by atoms with E-state index in [-0.39, 0.29) is 0 Å². The van der Waals surface area contributed by atoms with Crippen LogP contribution in [0, 0.1) is 23.7 Å². The van der Waals surface area contributed by atoms with E-state index in [0.717, 1.165) is 24.8 Å². The highest BCUT2D eigenvalue weighted by molar-refractivity contribution is 4.98. The molecule has 2 rings (SSSR count). The molecule has 0 spiro atoms. The van der Waals surface area contributed by atoms with Crippen LogP contribution in [0.2, 0.25) is 0 Å². The lowest BCUT2D eigenvalue weighted by molar-refractivity contribution is -0.142. The van der Waals surface area contributed by atoms with Gasteiger partial charge >= 0.3 is 0 Å². The molecule has 5 unspecified atom stereocenters. The lowest BCUT2D eigenvalue weighted by Gasteiger charge is -2.52. The second-order valence-electron chi connectivity index (χ2n) is 6.82. The molecule has 0 aromatic rings. The zero-order valence-corrected chi connectivity index (χ0v) is 12.4. The van der Waals surface area contributed by atoms with E-state index < -0.39 is 5.72 Å². The maximum Gasteiger partial charge on any atom is 0.119 e. The third-order valence-corrected chi connectivity index (χ3v) is 5.49. The Labute approximate surface area is 113 Å². The normalized spacial score (nSPS) is 44.7. The van der Waals surface area contributed by atoms with Crippen LogP contribution in [0.3, 0.4) is 0 Å². The van der Waals surface area contributed by atoms with Crippen LogP contribution in [0.15, 0.2) is 0 Å². The Morgan fingerprint density at radius 3 is 2.61 bits per heavy atom. The molecule has 0 radical (unpaired) electrons. The monoisotopic (exact) mass is 253 g/mol. The van der Waals surface area contributed by atoms with Crippen LogP contribution in [0.1, 0.15) is 65.7 Å². The molecule has 2 heteroatoms. The van der Waals surface area contributed by atoms with Crippen LogP contribution < -0.4 is 5.32 Å². The summed E-state index contributed by atoms with van der Waals surface area (Å²) in [7, 11) is 0. The Bertz CT molecular complexity index is 268. The van der Waals surface area contributed by atoms with Gasteiger partial charge in [-0.25, -0.2) is 0 Å². The SMILES string of the molecule is CCCCNC1(O)CCCC2C(C)CCC(C)C21. The zero-order chi connectivity index (χ0) is 13.2. The quantitative estimate of drug-likeness (QED) is 0.593. The minimum atomic E-state index is -0.577. The smallest absolute Gasteiger partial charge is 0.119 e. The molecule has 0 bridgehead atoms. The van der Waals surface area contributed by atoms with E-state index in [1.165, 1.54) is 38.5 Å². The lowest BCUT2D eigenvalue weighted by Crippen LogP contribution is -2.60. The molecular formula is C16H31NO.